The predicted molar refractivity (Wildman–Crippen MR) is 101 cm³/mol. The maximum atomic E-state index is 12.2. The Morgan fingerprint density at radius 1 is 1.31 bits per heavy atom. The lowest BCUT2D eigenvalue weighted by Crippen LogP contribution is -2.62. The van der Waals surface area contributed by atoms with E-state index in [9.17, 15) is 4.79 Å². The van der Waals surface area contributed by atoms with Crippen LogP contribution >= 0.6 is 11.6 Å². The Labute approximate surface area is 158 Å². The first-order valence-corrected chi connectivity index (χ1v) is 9.49. The SMILES string of the molecule is Cn1ncc(C2CCC3C(=O)NNC(CN)C3C2)c1-c1ccc(Cl)cc1. The van der Waals surface area contributed by atoms with Crippen molar-refractivity contribution in [1.82, 2.24) is 20.6 Å². The van der Waals surface area contributed by atoms with Crippen LogP contribution < -0.4 is 16.6 Å². The number of hydrazine groups is 1. The summed E-state index contributed by atoms with van der Waals surface area (Å²) in [4.78, 5) is 12.2. The normalized spacial score (nSPS) is 28.5. The van der Waals surface area contributed by atoms with Crippen molar-refractivity contribution >= 4 is 17.5 Å². The molecule has 4 rings (SSSR count). The van der Waals surface area contributed by atoms with E-state index in [1.165, 1.54) is 5.56 Å². The largest absolute Gasteiger partial charge is 0.329 e. The molecule has 1 aromatic carbocycles. The van der Waals surface area contributed by atoms with Gasteiger partial charge in [-0.15, -0.1) is 0 Å². The second-order valence-corrected chi connectivity index (χ2v) is 7.77. The second kappa shape index (κ2) is 7.02. The fourth-order valence-corrected chi connectivity index (χ4v) is 4.70. The molecule has 2 aromatic rings. The molecule has 138 valence electrons. The van der Waals surface area contributed by atoms with Crippen LogP contribution in [-0.4, -0.2) is 28.3 Å². The van der Waals surface area contributed by atoms with E-state index in [-0.39, 0.29) is 23.8 Å². The minimum absolute atomic E-state index is 0.0525. The van der Waals surface area contributed by atoms with E-state index in [1.807, 2.05) is 42.2 Å². The van der Waals surface area contributed by atoms with Crippen molar-refractivity contribution in [2.45, 2.75) is 31.2 Å². The van der Waals surface area contributed by atoms with Crippen LogP contribution in [0.5, 0.6) is 0 Å². The van der Waals surface area contributed by atoms with Crippen LogP contribution in [-0.2, 0) is 11.8 Å². The number of fused-ring (bicyclic) bond motifs is 1. The minimum Gasteiger partial charge on any atom is -0.329 e. The summed E-state index contributed by atoms with van der Waals surface area (Å²) in [6, 6.07) is 8.00. The molecule has 1 aliphatic carbocycles. The van der Waals surface area contributed by atoms with Gasteiger partial charge in [-0.05, 0) is 43.2 Å². The molecule has 0 spiro atoms. The Balaban J connectivity index is 1.65. The number of halogens is 1. The highest BCUT2D eigenvalue weighted by atomic mass is 35.5. The smallest absolute Gasteiger partial charge is 0.237 e. The van der Waals surface area contributed by atoms with Gasteiger partial charge >= 0.3 is 0 Å². The van der Waals surface area contributed by atoms with E-state index in [2.05, 4.69) is 16.0 Å². The van der Waals surface area contributed by atoms with E-state index >= 15 is 0 Å². The van der Waals surface area contributed by atoms with E-state index < -0.39 is 0 Å². The standard InChI is InChI=1S/C19H24ClN5O/c1-25-18(11-2-5-13(20)6-3-11)16(10-22-25)12-4-7-14-15(8-12)17(9-21)23-24-19(14)26/h2-3,5-6,10,12,14-15,17,23H,4,7-9,21H2,1H3,(H,24,26). The summed E-state index contributed by atoms with van der Waals surface area (Å²) in [6.07, 6.45) is 4.79. The third-order valence-corrected chi connectivity index (χ3v) is 6.16. The molecule has 1 saturated heterocycles. The molecule has 26 heavy (non-hydrogen) atoms. The summed E-state index contributed by atoms with van der Waals surface area (Å²) >= 11 is 6.04. The zero-order valence-electron chi connectivity index (χ0n) is 14.8. The molecule has 7 heteroatoms. The second-order valence-electron chi connectivity index (χ2n) is 7.34. The summed E-state index contributed by atoms with van der Waals surface area (Å²) in [6.45, 7) is 0.519. The van der Waals surface area contributed by atoms with Crippen LogP contribution in [0.15, 0.2) is 30.5 Å². The average molecular weight is 374 g/mol. The summed E-state index contributed by atoms with van der Waals surface area (Å²) in [5.74, 6) is 0.780. The molecule has 2 heterocycles. The van der Waals surface area contributed by atoms with Gasteiger partial charge in [0.15, 0.2) is 0 Å². The van der Waals surface area contributed by atoms with Crippen molar-refractivity contribution in [3.63, 3.8) is 0 Å². The Morgan fingerprint density at radius 2 is 2.08 bits per heavy atom. The highest BCUT2D eigenvalue weighted by molar-refractivity contribution is 6.30. The molecule has 0 radical (unpaired) electrons. The Bertz CT molecular complexity index is 803. The first-order chi connectivity index (χ1) is 12.6. The number of rotatable bonds is 3. The van der Waals surface area contributed by atoms with Gasteiger partial charge in [0, 0.05) is 41.7 Å². The van der Waals surface area contributed by atoms with Crippen molar-refractivity contribution < 1.29 is 4.79 Å². The lowest BCUT2D eigenvalue weighted by molar-refractivity contribution is -0.133. The summed E-state index contributed by atoms with van der Waals surface area (Å²) in [5, 5.41) is 5.24. The Morgan fingerprint density at radius 3 is 2.81 bits per heavy atom. The number of nitrogens with one attached hydrogen (secondary N) is 2. The number of carbonyl (C=O) groups excluding carboxylic acids is 1. The molecule has 1 aliphatic heterocycles. The van der Waals surface area contributed by atoms with E-state index in [0.29, 0.717) is 12.5 Å². The maximum Gasteiger partial charge on any atom is 0.237 e. The van der Waals surface area contributed by atoms with Crippen molar-refractivity contribution in [3.8, 4) is 11.3 Å². The van der Waals surface area contributed by atoms with Gasteiger partial charge in [0.2, 0.25) is 5.91 Å². The highest BCUT2D eigenvalue weighted by Gasteiger charge is 2.43. The van der Waals surface area contributed by atoms with Crippen LogP contribution in [0, 0.1) is 11.8 Å². The molecule has 4 N–H and O–H groups in total. The minimum atomic E-state index is 0.0525. The number of amides is 1. The van der Waals surface area contributed by atoms with Crippen molar-refractivity contribution in [2.75, 3.05) is 6.54 Å². The fourth-order valence-electron chi connectivity index (χ4n) is 4.57. The number of nitrogens with two attached hydrogens (primary N) is 1. The maximum absolute atomic E-state index is 12.2. The van der Waals surface area contributed by atoms with Gasteiger partial charge in [-0.2, -0.15) is 5.10 Å². The van der Waals surface area contributed by atoms with Crippen LogP contribution in [0.1, 0.15) is 30.7 Å². The molecule has 6 nitrogen and oxygen atoms in total. The monoisotopic (exact) mass is 373 g/mol. The predicted octanol–water partition coefficient (Wildman–Crippen LogP) is 2.20. The number of hydrogen-bond donors (Lipinski definition) is 3. The lowest BCUT2D eigenvalue weighted by atomic mass is 9.68. The van der Waals surface area contributed by atoms with Gasteiger partial charge < -0.3 is 5.73 Å². The number of carbonyl (C=O) groups is 1. The zero-order chi connectivity index (χ0) is 18.3. The topological polar surface area (TPSA) is 85.0 Å². The first kappa shape index (κ1) is 17.5. The summed E-state index contributed by atoms with van der Waals surface area (Å²) in [7, 11) is 1.97. The van der Waals surface area contributed by atoms with Crippen LogP contribution in [0.2, 0.25) is 5.02 Å². The van der Waals surface area contributed by atoms with Crippen LogP contribution in [0.25, 0.3) is 11.3 Å². The van der Waals surface area contributed by atoms with Crippen LogP contribution in [0.3, 0.4) is 0 Å². The molecule has 1 amide bonds. The summed E-state index contributed by atoms with van der Waals surface area (Å²) in [5.41, 5.74) is 15.3. The zero-order valence-corrected chi connectivity index (χ0v) is 15.5. The van der Waals surface area contributed by atoms with Crippen molar-refractivity contribution in [2.24, 2.45) is 24.6 Å². The van der Waals surface area contributed by atoms with Gasteiger partial charge in [0.25, 0.3) is 0 Å². The van der Waals surface area contributed by atoms with Crippen molar-refractivity contribution in [1.29, 1.82) is 0 Å². The lowest BCUT2D eigenvalue weighted by Gasteiger charge is -2.43. The van der Waals surface area contributed by atoms with Crippen molar-refractivity contribution in [3.05, 3.63) is 41.0 Å². The molecular formula is C19H24ClN5O. The molecule has 1 aromatic heterocycles. The average Bonchev–Trinajstić information content (AvgIpc) is 3.04. The number of aryl methyl sites for hydroxylation is 1. The molecule has 4 unspecified atom stereocenters. The third kappa shape index (κ3) is 3.02. The Hall–Kier alpha value is -1.89. The number of aromatic nitrogens is 2. The molecule has 4 atom stereocenters. The summed E-state index contributed by atoms with van der Waals surface area (Å²) < 4.78 is 1.93. The van der Waals surface area contributed by atoms with E-state index in [4.69, 9.17) is 17.3 Å². The number of nitrogens with zero attached hydrogens (tertiary/aromatic N) is 2. The number of benzene rings is 1. The Kier molecular flexibility index (Phi) is 4.73. The molecular weight excluding hydrogens is 350 g/mol. The van der Waals surface area contributed by atoms with E-state index in [1.54, 1.807) is 0 Å². The fraction of sp³-hybridized carbons (Fsp3) is 0.474. The van der Waals surface area contributed by atoms with Gasteiger partial charge in [-0.1, -0.05) is 23.7 Å². The number of hydrogen-bond acceptors (Lipinski definition) is 4. The quantitative estimate of drug-likeness (QED) is 0.770. The highest BCUT2D eigenvalue weighted by Crippen LogP contribution is 2.44. The van der Waals surface area contributed by atoms with Gasteiger partial charge in [-0.25, -0.2) is 5.43 Å². The van der Waals surface area contributed by atoms with Gasteiger partial charge in [0.05, 0.1) is 11.9 Å². The van der Waals surface area contributed by atoms with E-state index in [0.717, 1.165) is 35.5 Å². The first-order valence-electron chi connectivity index (χ1n) is 9.11. The molecule has 2 fully saturated rings. The van der Waals surface area contributed by atoms with Gasteiger partial charge in [-0.3, -0.25) is 14.9 Å². The molecule has 0 bridgehead atoms. The third-order valence-electron chi connectivity index (χ3n) is 5.91. The van der Waals surface area contributed by atoms with Crippen LogP contribution in [0.4, 0.5) is 0 Å². The molecule has 2 aliphatic rings. The van der Waals surface area contributed by atoms with Gasteiger partial charge in [0.1, 0.15) is 0 Å². The molecule has 1 saturated carbocycles.